The van der Waals surface area contributed by atoms with E-state index in [-0.39, 0.29) is 11.4 Å². The molecule has 17 heavy (non-hydrogen) atoms. The third-order valence-corrected chi connectivity index (χ3v) is 2.54. The number of carboxylic acids is 1. The molecular weight excluding hydrogens is 220 g/mol. The summed E-state index contributed by atoms with van der Waals surface area (Å²) in [5.74, 6) is -1.16. The third kappa shape index (κ3) is 2.19. The van der Waals surface area contributed by atoms with E-state index in [1.807, 2.05) is 19.1 Å². The number of nitrogens with zero attached hydrogens (tertiary/aromatic N) is 1. The van der Waals surface area contributed by atoms with Crippen molar-refractivity contribution in [3.63, 3.8) is 0 Å². The Hall–Kier alpha value is -2.14. The van der Waals surface area contributed by atoms with E-state index in [0.717, 1.165) is 5.56 Å². The molecule has 5 heteroatoms. The quantitative estimate of drug-likeness (QED) is 0.748. The topological polar surface area (TPSA) is 86.2 Å². The van der Waals surface area contributed by atoms with Gasteiger partial charge in [-0.2, -0.15) is 0 Å². The van der Waals surface area contributed by atoms with E-state index in [2.05, 4.69) is 9.97 Å². The molecule has 0 aliphatic rings. The van der Waals surface area contributed by atoms with Crippen LogP contribution in [-0.2, 0) is 0 Å². The number of benzene rings is 1. The van der Waals surface area contributed by atoms with Crippen molar-refractivity contribution < 1.29 is 15.0 Å². The van der Waals surface area contributed by atoms with Crippen LogP contribution in [0.2, 0.25) is 0 Å². The third-order valence-electron chi connectivity index (χ3n) is 2.54. The Morgan fingerprint density at radius 3 is 2.59 bits per heavy atom. The smallest absolute Gasteiger partial charge is 0.356 e. The predicted octanol–water partition coefficient (Wildman–Crippen LogP) is 1.50. The van der Waals surface area contributed by atoms with E-state index in [1.165, 1.54) is 6.33 Å². The van der Waals surface area contributed by atoms with E-state index < -0.39 is 12.1 Å². The molecule has 0 bridgehead atoms. The van der Waals surface area contributed by atoms with E-state index in [0.29, 0.717) is 5.56 Å². The minimum absolute atomic E-state index is 0.155. The van der Waals surface area contributed by atoms with Gasteiger partial charge in [-0.3, -0.25) is 0 Å². The van der Waals surface area contributed by atoms with Crippen LogP contribution in [0.25, 0.3) is 0 Å². The standard InChI is InChI=1S/C12H12N2O3/c1-7-2-4-8(5-3-7)11(15)9-10(12(16)17)14-6-13-9/h2-6,11,15H,1H3,(H,13,14)(H,16,17). The van der Waals surface area contributed by atoms with Crippen LogP contribution in [0, 0.1) is 6.92 Å². The van der Waals surface area contributed by atoms with Gasteiger partial charge in [0.25, 0.3) is 0 Å². The van der Waals surface area contributed by atoms with Gasteiger partial charge in [0.1, 0.15) is 6.10 Å². The average Bonchev–Trinajstić information content (AvgIpc) is 2.78. The van der Waals surface area contributed by atoms with Crippen LogP contribution >= 0.6 is 0 Å². The molecule has 0 radical (unpaired) electrons. The maximum absolute atomic E-state index is 10.9. The zero-order valence-electron chi connectivity index (χ0n) is 9.21. The first kappa shape index (κ1) is 11.3. The summed E-state index contributed by atoms with van der Waals surface area (Å²) in [7, 11) is 0. The summed E-state index contributed by atoms with van der Waals surface area (Å²) in [6.07, 6.45) is 0.250. The summed E-state index contributed by atoms with van der Waals surface area (Å²) >= 11 is 0. The second-order valence-corrected chi connectivity index (χ2v) is 3.78. The number of aromatic nitrogens is 2. The van der Waals surface area contributed by atoms with E-state index in [4.69, 9.17) is 5.11 Å². The maximum Gasteiger partial charge on any atom is 0.356 e. The number of rotatable bonds is 3. The van der Waals surface area contributed by atoms with Crippen LogP contribution in [0.3, 0.4) is 0 Å². The fraction of sp³-hybridized carbons (Fsp3) is 0.167. The average molecular weight is 232 g/mol. The number of H-pyrrole nitrogens is 1. The summed E-state index contributed by atoms with van der Waals surface area (Å²) in [6, 6.07) is 7.23. The molecule has 88 valence electrons. The lowest BCUT2D eigenvalue weighted by Gasteiger charge is -2.10. The van der Waals surface area contributed by atoms with Crippen molar-refractivity contribution in [3.8, 4) is 0 Å². The van der Waals surface area contributed by atoms with Crippen molar-refractivity contribution in [3.05, 3.63) is 53.1 Å². The Morgan fingerprint density at radius 2 is 2.00 bits per heavy atom. The van der Waals surface area contributed by atoms with Crippen LogP contribution < -0.4 is 0 Å². The Morgan fingerprint density at radius 1 is 1.35 bits per heavy atom. The van der Waals surface area contributed by atoms with Gasteiger partial charge < -0.3 is 15.2 Å². The number of aliphatic hydroxyl groups excluding tert-OH is 1. The Bertz CT molecular complexity index is 531. The molecule has 1 heterocycles. The van der Waals surface area contributed by atoms with Gasteiger partial charge in [-0.15, -0.1) is 0 Å². The monoisotopic (exact) mass is 232 g/mol. The summed E-state index contributed by atoms with van der Waals surface area (Å²) in [5.41, 5.74) is 1.74. The van der Waals surface area contributed by atoms with Crippen LogP contribution in [0.15, 0.2) is 30.6 Å². The number of aryl methyl sites for hydroxylation is 1. The Balaban J connectivity index is 2.36. The van der Waals surface area contributed by atoms with Gasteiger partial charge in [-0.1, -0.05) is 29.8 Å². The molecule has 0 saturated heterocycles. The highest BCUT2D eigenvalue weighted by atomic mass is 16.4. The number of imidazole rings is 1. The number of hydrogen-bond acceptors (Lipinski definition) is 3. The second-order valence-electron chi connectivity index (χ2n) is 3.78. The number of aliphatic hydroxyl groups is 1. The number of carbonyl (C=O) groups is 1. The minimum atomic E-state index is -1.16. The summed E-state index contributed by atoms with van der Waals surface area (Å²) < 4.78 is 0. The second kappa shape index (κ2) is 4.39. The molecule has 0 amide bonds. The highest BCUT2D eigenvalue weighted by Crippen LogP contribution is 2.22. The normalized spacial score (nSPS) is 12.4. The van der Waals surface area contributed by atoms with Crippen LogP contribution in [0.1, 0.15) is 33.4 Å². The fourth-order valence-electron chi connectivity index (χ4n) is 1.60. The number of carboxylic acid groups (broad SMARTS) is 1. The highest BCUT2D eigenvalue weighted by molar-refractivity contribution is 5.86. The molecule has 0 spiro atoms. The van der Waals surface area contributed by atoms with Crippen molar-refractivity contribution in [1.82, 2.24) is 9.97 Å². The first-order chi connectivity index (χ1) is 8.09. The lowest BCUT2D eigenvalue weighted by Crippen LogP contribution is -2.08. The molecular formula is C12H12N2O3. The molecule has 1 aromatic heterocycles. The van der Waals surface area contributed by atoms with Gasteiger partial charge in [0.05, 0.1) is 12.0 Å². The lowest BCUT2D eigenvalue weighted by molar-refractivity contribution is 0.0685. The summed E-state index contributed by atoms with van der Waals surface area (Å²) in [5, 5.41) is 19.0. The Kier molecular flexibility index (Phi) is 2.93. The maximum atomic E-state index is 10.9. The number of hydrogen-bond donors (Lipinski definition) is 3. The SMILES string of the molecule is Cc1ccc(C(O)c2[nH]cnc2C(=O)O)cc1. The molecule has 0 aliphatic carbocycles. The molecule has 2 aromatic rings. The number of aromatic amines is 1. The van der Waals surface area contributed by atoms with Gasteiger partial charge >= 0.3 is 5.97 Å². The van der Waals surface area contributed by atoms with Gasteiger partial charge in [0.2, 0.25) is 0 Å². The molecule has 2 rings (SSSR count). The molecule has 3 N–H and O–H groups in total. The predicted molar refractivity (Wildman–Crippen MR) is 60.8 cm³/mol. The van der Waals surface area contributed by atoms with E-state index in [1.54, 1.807) is 12.1 Å². The van der Waals surface area contributed by atoms with Gasteiger partial charge in [-0.05, 0) is 12.5 Å². The van der Waals surface area contributed by atoms with Crippen molar-refractivity contribution in [2.24, 2.45) is 0 Å². The molecule has 5 nitrogen and oxygen atoms in total. The van der Waals surface area contributed by atoms with Crippen LogP contribution in [0.5, 0.6) is 0 Å². The van der Waals surface area contributed by atoms with Gasteiger partial charge in [0.15, 0.2) is 5.69 Å². The molecule has 0 aliphatic heterocycles. The highest BCUT2D eigenvalue weighted by Gasteiger charge is 2.21. The summed E-state index contributed by atoms with van der Waals surface area (Å²) in [6.45, 7) is 1.94. The first-order valence-corrected chi connectivity index (χ1v) is 5.11. The van der Waals surface area contributed by atoms with Crippen molar-refractivity contribution in [1.29, 1.82) is 0 Å². The fourth-order valence-corrected chi connectivity index (χ4v) is 1.60. The summed E-state index contributed by atoms with van der Waals surface area (Å²) in [4.78, 5) is 17.2. The van der Waals surface area contributed by atoms with Gasteiger partial charge in [-0.25, -0.2) is 9.78 Å². The molecule has 1 unspecified atom stereocenters. The minimum Gasteiger partial charge on any atom is -0.476 e. The van der Waals surface area contributed by atoms with Crippen molar-refractivity contribution >= 4 is 5.97 Å². The molecule has 0 saturated carbocycles. The van der Waals surface area contributed by atoms with E-state index in [9.17, 15) is 9.90 Å². The lowest BCUT2D eigenvalue weighted by atomic mass is 10.0. The van der Waals surface area contributed by atoms with E-state index >= 15 is 0 Å². The Labute approximate surface area is 97.8 Å². The number of aromatic carboxylic acids is 1. The van der Waals surface area contributed by atoms with Gasteiger partial charge in [0, 0.05) is 0 Å². The first-order valence-electron chi connectivity index (χ1n) is 5.11. The largest absolute Gasteiger partial charge is 0.476 e. The zero-order valence-corrected chi connectivity index (χ0v) is 9.21. The van der Waals surface area contributed by atoms with Crippen molar-refractivity contribution in [2.45, 2.75) is 13.0 Å². The molecule has 1 aromatic carbocycles. The van der Waals surface area contributed by atoms with Crippen LogP contribution in [0.4, 0.5) is 0 Å². The molecule has 0 fully saturated rings. The van der Waals surface area contributed by atoms with Crippen molar-refractivity contribution in [2.75, 3.05) is 0 Å². The molecule has 1 atom stereocenters. The number of nitrogens with one attached hydrogen (secondary N) is 1. The van der Waals surface area contributed by atoms with Crippen LogP contribution in [-0.4, -0.2) is 26.2 Å². The zero-order chi connectivity index (χ0) is 12.4.